The second-order valence-corrected chi connectivity index (χ2v) is 6.09. The molecule has 0 heterocycles. The zero-order valence-electron chi connectivity index (χ0n) is 6.69. The minimum atomic E-state index is -0.198. The van der Waals surface area contributed by atoms with E-state index in [4.69, 9.17) is 11.5 Å². The van der Waals surface area contributed by atoms with E-state index in [2.05, 4.69) is 0 Å². The van der Waals surface area contributed by atoms with E-state index in [1.807, 2.05) is 0 Å². The Morgan fingerprint density at radius 1 is 1.14 bits per heavy atom. The van der Waals surface area contributed by atoms with Crippen molar-refractivity contribution in [2.75, 3.05) is 13.1 Å². The molecule has 4 N–H and O–H groups in total. The predicted molar refractivity (Wildman–Crippen MR) is 38.5 cm³/mol. The van der Waals surface area contributed by atoms with Crippen LogP contribution in [-0.2, 0) is 0 Å². The molecule has 0 aromatic rings. The van der Waals surface area contributed by atoms with E-state index < -0.39 is 0 Å². The van der Waals surface area contributed by atoms with E-state index in [0.29, 0.717) is 0 Å². The van der Waals surface area contributed by atoms with Crippen LogP contribution >= 0.6 is 0 Å². The topological polar surface area (TPSA) is 52.0 Å². The van der Waals surface area contributed by atoms with Crippen molar-refractivity contribution in [1.29, 1.82) is 0 Å². The minimum Gasteiger partial charge on any atom is -1.00 e. The number of nitrogens with two attached hydrogens (primary N) is 2. The molecule has 2 nitrogen and oxygen atoms in total. The molecule has 0 unspecified atom stereocenters. The van der Waals surface area contributed by atoms with Gasteiger partial charge in [-0.15, -0.1) is 0 Å². The third-order valence-electron chi connectivity index (χ3n) is 0.908. The average Bonchev–Trinajstić information content (AvgIpc) is 1.69. The molecule has 0 atom stereocenters. The van der Waals surface area contributed by atoms with Crippen molar-refractivity contribution in [1.82, 2.24) is 0 Å². The third-order valence-corrected chi connectivity index (χ3v) is 4.72. The molecule has 0 saturated heterocycles. The largest absolute Gasteiger partial charge is 1.00 e. The van der Waals surface area contributed by atoms with Crippen LogP contribution < -0.4 is 11.5 Å². The second kappa shape index (κ2) is 6.46. The summed E-state index contributed by atoms with van der Waals surface area (Å²) < 4.78 is 0. The summed E-state index contributed by atoms with van der Waals surface area (Å²) in [5.74, 6) is 0. The summed E-state index contributed by atoms with van der Waals surface area (Å²) in [6, 6.07) is 0. The number of hydrogen-bond acceptors (Lipinski definition) is 2. The Kier molecular flexibility index (Phi) is 6.89. The molecule has 0 saturated carbocycles. The van der Waals surface area contributed by atoms with Crippen LogP contribution in [0.4, 0.5) is 0 Å². The van der Waals surface area contributed by atoms with Gasteiger partial charge in [0.15, 0.2) is 0 Å². The molecule has 0 aromatic carbocycles. The van der Waals surface area contributed by atoms with Gasteiger partial charge in [0.05, 0.1) is 0 Å². The Morgan fingerprint density at radius 2 is 1.57 bits per heavy atom. The fraction of sp³-hybridized carbons (Fsp3) is 1.00. The molecular formula is C4H16GeN2-2. The zero-order chi connectivity index (χ0) is 5.54. The predicted octanol–water partition coefficient (Wildman–Crippen LogP) is -0.866. The fourth-order valence-electron chi connectivity index (χ4n) is 0.465. The maximum absolute atomic E-state index is 5.28. The first-order chi connectivity index (χ1) is 3.41. The zero-order valence-corrected chi connectivity index (χ0v) is 7.66. The summed E-state index contributed by atoms with van der Waals surface area (Å²) >= 11 is -0.198. The Bertz CT molecular complexity index is 35.7. The molecular weight excluding hydrogens is 149 g/mol. The minimum absolute atomic E-state index is 0. The second-order valence-electron chi connectivity index (χ2n) is 1.64. The van der Waals surface area contributed by atoms with Gasteiger partial charge < -0.3 is 2.85 Å². The average molecular weight is 165 g/mol. The monoisotopic (exact) mass is 166 g/mol. The van der Waals surface area contributed by atoms with Crippen LogP contribution in [0, 0.1) is 0 Å². The molecule has 0 spiro atoms. The molecule has 0 amide bonds. The Balaban J connectivity index is -0.000000180. The maximum atomic E-state index is 5.28. The van der Waals surface area contributed by atoms with Crippen molar-refractivity contribution in [3.63, 3.8) is 0 Å². The van der Waals surface area contributed by atoms with Crippen molar-refractivity contribution in [3.05, 3.63) is 0 Å². The van der Waals surface area contributed by atoms with Gasteiger partial charge in [-0.3, -0.25) is 0 Å². The van der Waals surface area contributed by atoms with Crippen LogP contribution in [0.15, 0.2) is 0 Å². The van der Waals surface area contributed by atoms with Crippen molar-refractivity contribution >= 4 is 15.4 Å². The normalized spacial score (nSPS) is 9.43. The van der Waals surface area contributed by atoms with Gasteiger partial charge in [0.1, 0.15) is 0 Å². The van der Waals surface area contributed by atoms with Crippen LogP contribution in [0.25, 0.3) is 0 Å². The van der Waals surface area contributed by atoms with Gasteiger partial charge in [-0.05, 0) is 0 Å². The summed E-state index contributed by atoms with van der Waals surface area (Å²) in [7, 11) is 0. The van der Waals surface area contributed by atoms with Gasteiger partial charge in [0.2, 0.25) is 0 Å². The van der Waals surface area contributed by atoms with E-state index in [-0.39, 0.29) is 18.3 Å². The van der Waals surface area contributed by atoms with Crippen LogP contribution in [0.2, 0.25) is 10.5 Å². The SMILES string of the molecule is NC[CH2][GeH2][CH2]CN.[H-].[H-]. The number of hydrogen-bond donors (Lipinski definition) is 2. The molecule has 0 radical (unpaired) electrons. The van der Waals surface area contributed by atoms with E-state index >= 15 is 0 Å². The van der Waals surface area contributed by atoms with Crippen LogP contribution in [0.1, 0.15) is 2.85 Å². The van der Waals surface area contributed by atoms with Gasteiger partial charge >= 0.3 is 50.5 Å². The Hall–Kier alpha value is 0.463. The molecule has 7 heavy (non-hydrogen) atoms. The molecule has 0 aromatic heterocycles. The molecule has 0 rings (SSSR count). The smallest absolute Gasteiger partial charge is 1.00 e. The quantitative estimate of drug-likeness (QED) is 0.420. The molecule has 0 aliphatic rings. The van der Waals surface area contributed by atoms with E-state index in [1.165, 1.54) is 10.5 Å². The summed E-state index contributed by atoms with van der Waals surface area (Å²) in [5, 5.41) is 2.62. The molecule has 0 bridgehead atoms. The van der Waals surface area contributed by atoms with Crippen molar-refractivity contribution in [3.8, 4) is 0 Å². The summed E-state index contributed by atoms with van der Waals surface area (Å²) in [6.07, 6.45) is 0. The molecule has 0 fully saturated rings. The molecule has 0 aliphatic carbocycles. The van der Waals surface area contributed by atoms with Gasteiger partial charge in [-0.2, -0.15) is 0 Å². The first-order valence-electron chi connectivity index (χ1n) is 2.82. The van der Waals surface area contributed by atoms with Crippen LogP contribution in [0.3, 0.4) is 0 Å². The Morgan fingerprint density at radius 3 is 1.86 bits per heavy atom. The van der Waals surface area contributed by atoms with E-state index in [0.717, 1.165) is 13.1 Å². The fourth-order valence-corrected chi connectivity index (χ4v) is 2.42. The van der Waals surface area contributed by atoms with Crippen molar-refractivity contribution < 1.29 is 2.85 Å². The summed E-state index contributed by atoms with van der Waals surface area (Å²) in [4.78, 5) is 0. The first kappa shape index (κ1) is 7.46. The number of rotatable bonds is 4. The molecule has 48 valence electrons. The summed E-state index contributed by atoms with van der Waals surface area (Å²) in [6.45, 7) is 1.78. The van der Waals surface area contributed by atoms with Crippen molar-refractivity contribution in [2.24, 2.45) is 11.5 Å². The third kappa shape index (κ3) is 6.46. The van der Waals surface area contributed by atoms with Crippen molar-refractivity contribution in [2.45, 2.75) is 10.5 Å². The molecule has 0 aliphatic heterocycles. The Labute approximate surface area is 54.1 Å². The van der Waals surface area contributed by atoms with Crippen LogP contribution in [0.5, 0.6) is 0 Å². The summed E-state index contributed by atoms with van der Waals surface area (Å²) in [5.41, 5.74) is 10.6. The standard InChI is InChI=1S/C4H14GeN2.2H/c6-3-1-5-2-4-7;;/h1-7H2;;/q;2*-1. The van der Waals surface area contributed by atoms with Gasteiger partial charge in [0, 0.05) is 0 Å². The first-order valence-corrected chi connectivity index (χ1v) is 7.01. The van der Waals surface area contributed by atoms with Crippen LogP contribution in [-0.4, -0.2) is 28.5 Å². The van der Waals surface area contributed by atoms with E-state index in [1.54, 1.807) is 0 Å². The van der Waals surface area contributed by atoms with E-state index in [9.17, 15) is 0 Å². The van der Waals surface area contributed by atoms with Gasteiger partial charge in [-0.1, -0.05) is 0 Å². The van der Waals surface area contributed by atoms with Gasteiger partial charge in [0.25, 0.3) is 0 Å². The van der Waals surface area contributed by atoms with Gasteiger partial charge in [-0.25, -0.2) is 0 Å². The maximum Gasteiger partial charge on any atom is -1.00 e. The molecule has 3 heteroatoms.